The zero-order chi connectivity index (χ0) is 16.8. The van der Waals surface area contributed by atoms with E-state index in [1.54, 1.807) is 6.07 Å². The van der Waals surface area contributed by atoms with Crippen LogP contribution in [0.3, 0.4) is 0 Å². The zero-order valence-corrected chi connectivity index (χ0v) is 13.0. The van der Waals surface area contributed by atoms with E-state index < -0.39 is 23.8 Å². The molecule has 5 heteroatoms. The van der Waals surface area contributed by atoms with Crippen LogP contribution < -0.4 is 5.32 Å². The monoisotopic (exact) mass is 315 g/mol. The number of nitrogens with one attached hydrogen (secondary N) is 1. The van der Waals surface area contributed by atoms with E-state index in [-0.39, 0.29) is 6.42 Å². The Morgan fingerprint density at radius 2 is 1.87 bits per heavy atom. The van der Waals surface area contributed by atoms with Crippen LogP contribution in [-0.4, -0.2) is 18.0 Å². The number of anilines is 1. The number of esters is 1. The van der Waals surface area contributed by atoms with Crippen LogP contribution in [-0.2, 0) is 20.7 Å². The molecule has 0 spiro atoms. The Labute approximate surface area is 134 Å². The van der Waals surface area contributed by atoms with Crippen LogP contribution in [0.1, 0.15) is 18.1 Å². The Morgan fingerprint density at radius 1 is 1.17 bits per heavy atom. The molecule has 0 aromatic heterocycles. The molecule has 4 nitrogen and oxygen atoms in total. The van der Waals surface area contributed by atoms with Gasteiger partial charge in [-0.05, 0) is 37.6 Å². The number of benzene rings is 2. The molecule has 2 aromatic carbocycles. The molecule has 0 saturated heterocycles. The van der Waals surface area contributed by atoms with Gasteiger partial charge in [-0.1, -0.05) is 35.9 Å². The molecule has 1 amide bonds. The van der Waals surface area contributed by atoms with Gasteiger partial charge < -0.3 is 10.1 Å². The van der Waals surface area contributed by atoms with Crippen LogP contribution in [0.15, 0.2) is 48.5 Å². The van der Waals surface area contributed by atoms with Crippen molar-refractivity contribution in [3.05, 3.63) is 65.5 Å². The fourth-order valence-electron chi connectivity index (χ4n) is 1.98. The van der Waals surface area contributed by atoms with Crippen molar-refractivity contribution < 1.29 is 18.7 Å². The number of aryl methyl sites for hydroxylation is 1. The van der Waals surface area contributed by atoms with Gasteiger partial charge in [0.1, 0.15) is 5.82 Å². The van der Waals surface area contributed by atoms with Gasteiger partial charge in [-0.25, -0.2) is 4.39 Å². The van der Waals surface area contributed by atoms with Crippen LogP contribution in [0.5, 0.6) is 0 Å². The molecular formula is C18H18FNO3. The second-order valence-corrected chi connectivity index (χ2v) is 5.29. The SMILES string of the molecule is Cc1ccc(CC(=O)O[C@H](C)C(=O)Nc2cccc(F)c2)cc1. The fraction of sp³-hybridized carbons (Fsp3) is 0.222. The molecule has 0 aliphatic carbocycles. The van der Waals surface area contributed by atoms with E-state index in [4.69, 9.17) is 4.74 Å². The van der Waals surface area contributed by atoms with Crippen LogP contribution in [0.2, 0.25) is 0 Å². The first kappa shape index (κ1) is 16.7. The third-order valence-corrected chi connectivity index (χ3v) is 3.24. The van der Waals surface area contributed by atoms with Gasteiger partial charge in [-0.3, -0.25) is 9.59 Å². The van der Waals surface area contributed by atoms with Crippen molar-refractivity contribution in [3.8, 4) is 0 Å². The summed E-state index contributed by atoms with van der Waals surface area (Å²) in [5.41, 5.74) is 2.24. The molecule has 0 radical (unpaired) electrons. The molecule has 0 saturated carbocycles. The quantitative estimate of drug-likeness (QED) is 0.862. The average Bonchev–Trinajstić information content (AvgIpc) is 2.49. The van der Waals surface area contributed by atoms with Crippen molar-refractivity contribution in [2.24, 2.45) is 0 Å². The molecule has 1 atom stereocenters. The zero-order valence-electron chi connectivity index (χ0n) is 13.0. The van der Waals surface area contributed by atoms with Gasteiger partial charge in [0.25, 0.3) is 5.91 Å². The minimum atomic E-state index is -0.962. The minimum absolute atomic E-state index is 0.0951. The summed E-state index contributed by atoms with van der Waals surface area (Å²) in [6.45, 7) is 3.43. The third kappa shape index (κ3) is 5.21. The summed E-state index contributed by atoms with van der Waals surface area (Å²) in [5.74, 6) is -1.45. The molecule has 1 N–H and O–H groups in total. The third-order valence-electron chi connectivity index (χ3n) is 3.24. The van der Waals surface area contributed by atoms with Crippen LogP contribution in [0, 0.1) is 12.7 Å². The molecule has 2 rings (SSSR count). The van der Waals surface area contributed by atoms with Crippen LogP contribution >= 0.6 is 0 Å². The first-order valence-electron chi connectivity index (χ1n) is 7.25. The summed E-state index contributed by atoms with van der Waals surface area (Å²) in [5, 5.41) is 2.50. The molecule has 23 heavy (non-hydrogen) atoms. The number of hydrogen-bond donors (Lipinski definition) is 1. The standard InChI is InChI=1S/C18H18FNO3/c1-12-6-8-14(9-7-12)10-17(21)23-13(2)18(22)20-16-5-3-4-15(19)11-16/h3-9,11,13H,10H2,1-2H3,(H,20,22)/t13-/m1/s1. The number of ether oxygens (including phenoxy) is 1. The lowest BCUT2D eigenvalue weighted by Crippen LogP contribution is -2.30. The van der Waals surface area contributed by atoms with E-state index in [1.807, 2.05) is 31.2 Å². The number of carbonyl (C=O) groups excluding carboxylic acids is 2. The van der Waals surface area contributed by atoms with Crippen molar-refractivity contribution in [1.29, 1.82) is 0 Å². The van der Waals surface area contributed by atoms with Crippen LogP contribution in [0.4, 0.5) is 10.1 Å². The van der Waals surface area contributed by atoms with Crippen LogP contribution in [0.25, 0.3) is 0 Å². The lowest BCUT2D eigenvalue weighted by Gasteiger charge is -2.13. The average molecular weight is 315 g/mol. The fourth-order valence-corrected chi connectivity index (χ4v) is 1.98. The Kier molecular flexibility index (Phi) is 5.46. The number of rotatable bonds is 5. The lowest BCUT2D eigenvalue weighted by atomic mass is 10.1. The van der Waals surface area contributed by atoms with Gasteiger partial charge in [0.05, 0.1) is 6.42 Å². The van der Waals surface area contributed by atoms with Crippen molar-refractivity contribution >= 4 is 17.6 Å². The van der Waals surface area contributed by atoms with Gasteiger partial charge >= 0.3 is 5.97 Å². The van der Waals surface area contributed by atoms with E-state index in [0.29, 0.717) is 5.69 Å². The first-order chi connectivity index (χ1) is 10.9. The highest BCUT2D eigenvalue weighted by molar-refractivity contribution is 5.95. The highest BCUT2D eigenvalue weighted by atomic mass is 19.1. The predicted molar refractivity (Wildman–Crippen MR) is 85.5 cm³/mol. The van der Waals surface area contributed by atoms with E-state index in [1.165, 1.54) is 25.1 Å². The van der Waals surface area contributed by atoms with Crippen molar-refractivity contribution in [3.63, 3.8) is 0 Å². The molecule has 2 aromatic rings. The first-order valence-corrected chi connectivity index (χ1v) is 7.25. The van der Waals surface area contributed by atoms with E-state index in [0.717, 1.165) is 11.1 Å². The molecule has 0 bridgehead atoms. The highest BCUT2D eigenvalue weighted by Gasteiger charge is 2.18. The Morgan fingerprint density at radius 3 is 2.52 bits per heavy atom. The number of halogens is 1. The Bertz CT molecular complexity index is 698. The van der Waals surface area contributed by atoms with Gasteiger partial charge in [0.2, 0.25) is 0 Å². The van der Waals surface area contributed by atoms with Gasteiger partial charge in [-0.2, -0.15) is 0 Å². The summed E-state index contributed by atoms with van der Waals surface area (Å²) < 4.78 is 18.2. The molecule has 0 aliphatic heterocycles. The second kappa shape index (κ2) is 7.54. The maximum Gasteiger partial charge on any atom is 0.311 e. The second-order valence-electron chi connectivity index (χ2n) is 5.29. The van der Waals surface area contributed by atoms with E-state index in [2.05, 4.69) is 5.32 Å². The number of hydrogen-bond acceptors (Lipinski definition) is 3. The van der Waals surface area contributed by atoms with Gasteiger partial charge in [-0.15, -0.1) is 0 Å². The summed E-state index contributed by atoms with van der Waals surface area (Å²) in [6.07, 6.45) is -0.867. The molecule has 120 valence electrons. The van der Waals surface area contributed by atoms with Gasteiger partial charge in [0, 0.05) is 5.69 Å². The Balaban J connectivity index is 1.87. The number of carbonyl (C=O) groups is 2. The molecule has 0 heterocycles. The van der Waals surface area contributed by atoms with Gasteiger partial charge in [0.15, 0.2) is 6.10 Å². The summed E-state index contributed by atoms with van der Waals surface area (Å²) in [6, 6.07) is 13.0. The topological polar surface area (TPSA) is 55.4 Å². The van der Waals surface area contributed by atoms with Crippen molar-refractivity contribution in [1.82, 2.24) is 0 Å². The molecule has 0 aliphatic rings. The molecular weight excluding hydrogens is 297 g/mol. The number of amides is 1. The van der Waals surface area contributed by atoms with Crippen molar-refractivity contribution in [2.75, 3.05) is 5.32 Å². The summed E-state index contributed by atoms with van der Waals surface area (Å²) >= 11 is 0. The predicted octanol–water partition coefficient (Wildman–Crippen LogP) is 3.25. The smallest absolute Gasteiger partial charge is 0.311 e. The van der Waals surface area contributed by atoms with E-state index in [9.17, 15) is 14.0 Å². The summed E-state index contributed by atoms with van der Waals surface area (Å²) in [7, 11) is 0. The van der Waals surface area contributed by atoms with E-state index >= 15 is 0 Å². The minimum Gasteiger partial charge on any atom is -0.452 e. The van der Waals surface area contributed by atoms with Crippen molar-refractivity contribution in [2.45, 2.75) is 26.4 Å². The maximum atomic E-state index is 13.1. The maximum absolute atomic E-state index is 13.1. The molecule has 0 unspecified atom stereocenters. The lowest BCUT2D eigenvalue weighted by molar-refractivity contribution is -0.152. The normalized spacial score (nSPS) is 11.6. The Hall–Kier alpha value is -2.69. The molecule has 0 fully saturated rings. The highest BCUT2D eigenvalue weighted by Crippen LogP contribution is 2.11. The largest absolute Gasteiger partial charge is 0.452 e. The summed E-state index contributed by atoms with van der Waals surface area (Å²) in [4.78, 5) is 23.8.